The number of guanidine groups is 1. The van der Waals surface area contributed by atoms with Gasteiger partial charge in [-0.25, -0.2) is 0 Å². The Kier molecular flexibility index (Phi) is 7.38. The molecule has 1 aromatic rings. The van der Waals surface area contributed by atoms with Crippen molar-refractivity contribution in [2.45, 2.75) is 27.2 Å². The molecule has 124 valence electrons. The molecule has 0 spiro atoms. The van der Waals surface area contributed by atoms with E-state index in [2.05, 4.69) is 38.0 Å². The molecule has 1 amide bonds. The highest BCUT2D eigenvalue weighted by Gasteiger charge is 2.27. The number of likely N-dealkylation sites (N-methyl/N-ethyl adjacent to an activating group) is 1. The summed E-state index contributed by atoms with van der Waals surface area (Å²) in [5.74, 6) is 0.869. The van der Waals surface area contributed by atoms with Crippen LogP contribution in [-0.4, -0.2) is 50.5 Å². The molecular weight excluding hydrogens is 296 g/mol. The van der Waals surface area contributed by atoms with E-state index in [0.717, 1.165) is 18.9 Å². The van der Waals surface area contributed by atoms with Gasteiger partial charge in [-0.1, -0.05) is 6.07 Å². The van der Waals surface area contributed by atoms with Crippen molar-refractivity contribution >= 4 is 23.2 Å². The molecule has 22 heavy (non-hydrogen) atoms. The summed E-state index contributed by atoms with van der Waals surface area (Å²) < 4.78 is 0. The van der Waals surface area contributed by atoms with Crippen molar-refractivity contribution in [1.82, 2.24) is 15.5 Å². The molecule has 0 atom stereocenters. The third kappa shape index (κ3) is 5.67. The first-order valence-corrected chi connectivity index (χ1v) is 8.51. The van der Waals surface area contributed by atoms with Crippen LogP contribution in [-0.2, 0) is 11.2 Å². The van der Waals surface area contributed by atoms with E-state index in [4.69, 9.17) is 0 Å². The van der Waals surface area contributed by atoms with E-state index >= 15 is 0 Å². The summed E-state index contributed by atoms with van der Waals surface area (Å²) in [6, 6.07) is 4.22. The van der Waals surface area contributed by atoms with Crippen LogP contribution in [0.25, 0.3) is 0 Å². The van der Waals surface area contributed by atoms with Gasteiger partial charge in [-0.05, 0) is 38.6 Å². The van der Waals surface area contributed by atoms with E-state index < -0.39 is 5.41 Å². The zero-order valence-electron chi connectivity index (χ0n) is 14.3. The first kappa shape index (κ1) is 18.5. The molecular formula is C16H28N4OS. The normalized spacial score (nSPS) is 12.1. The van der Waals surface area contributed by atoms with Gasteiger partial charge >= 0.3 is 0 Å². The lowest BCUT2D eigenvalue weighted by Crippen LogP contribution is -2.48. The van der Waals surface area contributed by atoms with Crippen molar-refractivity contribution in [2.75, 3.05) is 33.7 Å². The van der Waals surface area contributed by atoms with Crippen LogP contribution in [0.1, 0.15) is 25.6 Å². The Morgan fingerprint density at radius 1 is 1.41 bits per heavy atom. The van der Waals surface area contributed by atoms with E-state index in [9.17, 15) is 4.79 Å². The van der Waals surface area contributed by atoms with E-state index in [1.807, 2.05) is 27.8 Å². The fourth-order valence-corrected chi connectivity index (χ4v) is 2.70. The first-order chi connectivity index (χ1) is 10.4. The summed E-state index contributed by atoms with van der Waals surface area (Å²) in [5, 5.41) is 8.26. The molecule has 0 saturated carbocycles. The van der Waals surface area contributed by atoms with Gasteiger partial charge in [0.1, 0.15) is 0 Å². The number of nitrogens with zero attached hydrogens (tertiary/aromatic N) is 2. The van der Waals surface area contributed by atoms with Gasteiger partial charge in [-0.2, -0.15) is 0 Å². The predicted octanol–water partition coefficient (Wildman–Crippen LogP) is 1.96. The second-order valence-electron chi connectivity index (χ2n) is 5.90. The lowest BCUT2D eigenvalue weighted by atomic mass is 9.92. The highest BCUT2D eigenvalue weighted by atomic mass is 32.1. The third-order valence-electron chi connectivity index (χ3n) is 3.49. The molecule has 0 aliphatic carbocycles. The largest absolute Gasteiger partial charge is 0.356 e. The topological polar surface area (TPSA) is 56.7 Å². The minimum Gasteiger partial charge on any atom is -0.356 e. The molecule has 2 N–H and O–H groups in total. The summed E-state index contributed by atoms with van der Waals surface area (Å²) >= 11 is 1.77. The van der Waals surface area contributed by atoms with Gasteiger partial charge in [0, 0.05) is 38.6 Å². The smallest absolute Gasteiger partial charge is 0.227 e. The van der Waals surface area contributed by atoms with Gasteiger partial charge in [0.05, 0.1) is 5.41 Å². The zero-order chi connectivity index (χ0) is 16.6. The number of carbonyl (C=O) groups excluding carboxylic acids is 1. The monoisotopic (exact) mass is 324 g/mol. The van der Waals surface area contributed by atoms with Gasteiger partial charge in [0.2, 0.25) is 5.91 Å². The summed E-state index contributed by atoms with van der Waals surface area (Å²) in [5.41, 5.74) is -0.472. The van der Waals surface area contributed by atoms with Crippen LogP contribution in [0.4, 0.5) is 0 Å². The van der Waals surface area contributed by atoms with Crippen LogP contribution in [0.5, 0.6) is 0 Å². The van der Waals surface area contributed by atoms with Crippen molar-refractivity contribution in [1.29, 1.82) is 0 Å². The summed E-state index contributed by atoms with van der Waals surface area (Å²) in [6.07, 6.45) is 0.995. The summed E-state index contributed by atoms with van der Waals surface area (Å²) in [6.45, 7) is 7.89. The summed E-state index contributed by atoms with van der Waals surface area (Å²) in [7, 11) is 3.78. The van der Waals surface area contributed by atoms with Gasteiger partial charge in [0.15, 0.2) is 5.96 Å². The number of carbonyl (C=O) groups is 1. The Balaban J connectivity index is 2.48. The molecule has 0 aliphatic heterocycles. The minimum atomic E-state index is -0.472. The van der Waals surface area contributed by atoms with Crippen molar-refractivity contribution in [3.05, 3.63) is 22.4 Å². The molecule has 0 aliphatic rings. The SMILES string of the molecule is CCNC(=O)C(C)(C)CNC(=NC)N(C)CCc1cccs1. The highest BCUT2D eigenvalue weighted by molar-refractivity contribution is 7.09. The van der Waals surface area contributed by atoms with Gasteiger partial charge in [0.25, 0.3) is 0 Å². The molecule has 6 heteroatoms. The van der Waals surface area contributed by atoms with Crippen LogP contribution in [0.2, 0.25) is 0 Å². The second-order valence-corrected chi connectivity index (χ2v) is 6.93. The van der Waals surface area contributed by atoms with Crippen LogP contribution in [0.15, 0.2) is 22.5 Å². The van der Waals surface area contributed by atoms with Gasteiger partial charge < -0.3 is 15.5 Å². The van der Waals surface area contributed by atoms with Crippen molar-refractivity contribution in [3.63, 3.8) is 0 Å². The molecule has 1 aromatic heterocycles. The molecule has 0 aromatic carbocycles. The summed E-state index contributed by atoms with van der Waals surface area (Å²) in [4.78, 5) is 19.8. The molecule has 0 unspecified atom stereocenters. The third-order valence-corrected chi connectivity index (χ3v) is 4.42. The van der Waals surface area contributed by atoms with Crippen LogP contribution >= 0.6 is 11.3 Å². The molecule has 0 fully saturated rings. The van der Waals surface area contributed by atoms with Crippen LogP contribution in [0, 0.1) is 5.41 Å². The molecule has 0 radical (unpaired) electrons. The average molecular weight is 324 g/mol. The van der Waals surface area contributed by atoms with Crippen molar-refractivity contribution < 1.29 is 4.79 Å². The Morgan fingerprint density at radius 2 is 2.14 bits per heavy atom. The fraction of sp³-hybridized carbons (Fsp3) is 0.625. The number of hydrogen-bond donors (Lipinski definition) is 2. The quantitative estimate of drug-likeness (QED) is 0.595. The maximum atomic E-state index is 12.0. The van der Waals surface area contributed by atoms with E-state index in [1.54, 1.807) is 18.4 Å². The van der Waals surface area contributed by atoms with E-state index in [0.29, 0.717) is 13.1 Å². The molecule has 5 nitrogen and oxygen atoms in total. The van der Waals surface area contributed by atoms with Gasteiger partial charge in [-0.3, -0.25) is 9.79 Å². The minimum absolute atomic E-state index is 0.0548. The maximum Gasteiger partial charge on any atom is 0.227 e. The Hall–Kier alpha value is -1.56. The van der Waals surface area contributed by atoms with E-state index in [1.165, 1.54) is 4.88 Å². The number of rotatable bonds is 7. The molecule has 0 saturated heterocycles. The number of nitrogens with one attached hydrogen (secondary N) is 2. The average Bonchev–Trinajstić information content (AvgIpc) is 2.99. The zero-order valence-corrected chi connectivity index (χ0v) is 15.1. The van der Waals surface area contributed by atoms with Crippen LogP contribution in [0.3, 0.4) is 0 Å². The molecule has 0 bridgehead atoms. The van der Waals surface area contributed by atoms with Crippen LogP contribution < -0.4 is 10.6 Å². The lowest BCUT2D eigenvalue weighted by Gasteiger charge is -2.28. The second kappa shape index (κ2) is 8.78. The standard InChI is InChI=1S/C16H28N4OS/c1-6-18-14(21)16(2,3)12-19-15(17-4)20(5)10-9-13-8-7-11-22-13/h7-8,11H,6,9-10,12H2,1-5H3,(H,17,19)(H,18,21). The maximum absolute atomic E-state index is 12.0. The van der Waals surface area contributed by atoms with Gasteiger partial charge in [-0.15, -0.1) is 11.3 Å². The Labute approximate surface area is 137 Å². The fourth-order valence-electron chi connectivity index (χ4n) is 2.00. The first-order valence-electron chi connectivity index (χ1n) is 7.63. The van der Waals surface area contributed by atoms with Crippen molar-refractivity contribution in [3.8, 4) is 0 Å². The molecule has 1 heterocycles. The van der Waals surface area contributed by atoms with E-state index in [-0.39, 0.29) is 5.91 Å². The lowest BCUT2D eigenvalue weighted by molar-refractivity contribution is -0.128. The number of thiophene rings is 1. The Bertz CT molecular complexity index is 482. The molecule has 1 rings (SSSR count). The highest BCUT2D eigenvalue weighted by Crippen LogP contribution is 2.14. The number of amides is 1. The number of aliphatic imine (C=N–C) groups is 1. The Morgan fingerprint density at radius 3 is 2.68 bits per heavy atom. The predicted molar refractivity (Wildman–Crippen MR) is 94.5 cm³/mol. The van der Waals surface area contributed by atoms with Crippen molar-refractivity contribution in [2.24, 2.45) is 10.4 Å². The number of hydrogen-bond acceptors (Lipinski definition) is 3.